The zero-order valence-corrected chi connectivity index (χ0v) is 11.1. The Morgan fingerprint density at radius 1 is 1.41 bits per heavy atom. The van der Waals surface area contributed by atoms with Gasteiger partial charge in [0.1, 0.15) is 11.6 Å². The fourth-order valence-electron chi connectivity index (χ4n) is 1.22. The molecule has 0 fully saturated rings. The third-order valence-corrected chi connectivity index (χ3v) is 3.61. The number of hydrogen-bond acceptors (Lipinski definition) is 3. The molecule has 1 aromatic carbocycles. The van der Waals surface area contributed by atoms with Gasteiger partial charge in [-0.2, -0.15) is 0 Å². The highest BCUT2D eigenvalue weighted by molar-refractivity contribution is 9.10. The maximum atomic E-state index is 13.2. The molecule has 17 heavy (non-hydrogen) atoms. The molecule has 5 heteroatoms. The summed E-state index contributed by atoms with van der Waals surface area (Å²) in [4.78, 5) is 12.3. The van der Waals surface area contributed by atoms with E-state index in [0.29, 0.717) is 15.1 Å². The van der Waals surface area contributed by atoms with E-state index in [1.807, 2.05) is 5.38 Å². The molecule has 1 aromatic heterocycles. The lowest BCUT2D eigenvalue weighted by Crippen LogP contribution is -2.10. The zero-order valence-electron chi connectivity index (χ0n) is 8.65. The molecule has 0 aliphatic rings. The number of ether oxygens (including phenoxy) is 1. The van der Waals surface area contributed by atoms with Gasteiger partial charge in [0, 0.05) is 6.07 Å². The van der Waals surface area contributed by atoms with Crippen LogP contribution >= 0.6 is 27.3 Å². The first-order valence-electron chi connectivity index (χ1n) is 4.81. The van der Waals surface area contributed by atoms with E-state index in [1.54, 1.807) is 24.3 Å². The van der Waals surface area contributed by atoms with E-state index in [0.717, 1.165) is 0 Å². The Hall–Kier alpha value is -1.20. The molecular formula is C12H8BrFO2S. The highest BCUT2D eigenvalue weighted by atomic mass is 79.9. The van der Waals surface area contributed by atoms with E-state index in [-0.39, 0.29) is 12.4 Å². The molecular weight excluding hydrogens is 307 g/mol. The predicted octanol–water partition coefficient (Wildman–Crippen LogP) is 3.91. The fourth-order valence-corrected chi connectivity index (χ4v) is 2.12. The van der Waals surface area contributed by atoms with Crippen molar-refractivity contribution in [2.45, 2.75) is 0 Å². The third kappa shape index (κ3) is 3.14. The monoisotopic (exact) mass is 314 g/mol. The molecule has 2 nitrogen and oxygen atoms in total. The lowest BCUT2D eigenvalue weighted by molar-refractivity contribution is 0.0925. The molecule has 88 valence electrons. The van der Waals surface area contributed by atoms with E-state index >= 15 is 0 Å². The fraction of sp³-hybridized carbons (Fsp3) is 0.0833. The summed E-state index contributed by atoms with van der Waals surface area (Å²) in [5.41, 5.74) is 0. The van der Waals surface area contributed by atoms with Gasteiger partial charge in [0.25, 0.3) is 0 Å². The van der Waals surface area contributed by atoms with Crippen LogP contribution < -0.4 is 4.74 Å². The van der Waals surface area contributed by atoms with E-state index < -0.39 is 5.82 Å². The van der Waals surface area contributed by atoms with Crippen molar-refractivity contribution in [2.24, 2.45) is 0 Å². The molecule has 0 radical (unpaired) electrons. The topological polar surface area (TPSA) is 26.3 Å². The van der Waals surface area contributed by atoms with Gasteiger partial charge < -0.3 is 4.74 Å². The van der Waals surface area contributed by atoms with Crippen molar-refractivity contribution in [3.63, 3.8) is 0 Å². The van der Waals surface area contributed by atoms with Gasteiger partial charge in [0.15, 0.2) is 6.61 Å². The summed E-state index contributed by atoms with van der Waals surface area (Å²) < 4.78 is 18.8. The maximum absolute atomic E-state index is 13.2. The first kappa shape index (κ1) is 12.3. The normalized spacial score (nSPS) is 10.2. The lowest BCUT2D eigenvalue weighted by atomic mass is 10.3. The molecule has 0 saturated heterocycles. The Balaban J connectivity index is 1.98. The van der Waals surface area contributed by atoms with Gasteiger partial charge in [-0.1, -0.05) is 6.07 Å². The average molecular weight is 315 g/mol. The van der Waals surface area contributed by atoms with Gasteiger partial charge in [-0.15, -0.1) is 11.3 Å². The van der Waals surface area contributed by atoms with E-state index in [4.69, 9.17) is 4.74 Å². The second-order valence-electron chi connectivity index (χ2n) is 3.27. The van der Waals surface area contributed by atoms with Gasteiger partial charge in [-0.3, -0.25) is 4.79 Å². The molecule has 0 amide bonds. The Labute approximate surface area is 110 Å². The molecule has 0 bridgehead atoms. The average Bonchev–Trinajstić information content (AvgIpc) is 2.84. The molecule has 0 unspecified atom stereocenters. The summed E-state index contributed by atoms with van der Waals surface area (Å²) in [6, 6.07) is 7.93. The second kappa shape index (κ2) is 5.42. The SMILES string of the molecule is O=C(COc1ccc(Br)c(F)c1)c1cccs1. The molecule has 0 aliphatic heterocycles. The number of hydrogen-bond donors (Lipinski definition) is 0. The summed E-state index contributed by atoms with van der Waals surface area (Å²) in [6.07, 6.45) is 0. The number of halogens is 2. The Morgan fingerprint density at radius 2 is 2.24 bits per heavy atom. The number of carbonyl (C=O) groups excluding carboxylic acids is 1. The van der Waals surface area contributed by atoms with Crippen molar-refractivity contribution in [3.8, 4) is 5.75 Å². The summed E-state index contributed by atoms with van der Waals surface area (Å²) in [7, 11) is 0. The Bertz CT molecular complexity index is 525. The Kier molecular flexibility index (Phi) is 3.91. The summed E-state index contributed by atoms with van der Waals surface area (Å²) in [6.45, 7) is -0.0818. The molecule has 0 N–H and O–H groups in total. The number of Topliss-reactive ketones (excluding diaryl/α,β-unsaturated/α-hetero) is 1. The number of rotatable bonds is 4. The minimum Gasteiger partial charge on any atom is -0.485 e. The zero-order chi connectivity index (χ0) is 12.3. The highest BCUT2D eigenvalue weighted by Crippen LogP contribution is 2.21. The van der Waals surface area contributed by atoms with E-state index in [2.05, 4.69) is 15.9 Å². The van der Waals surface area contributed by atoms with Crippen LogP contribution in [0.1, 0.15) is 9.67 Å². The number of ketones is 1. The first-order valence-corrected chi connectivity index (χ1v) is 6.48. The van der Waals surface area contributed by atoms with Crippen molar-refractivity contribution in [2.75, 3.05) is 6.61 Å². The largest absolute Gasteiger partial charge is 0.485 e. The highest BCUT2D eigenvalue weighted by Gasteiger charge is 2.08. The van der Waals surface area contributed by atoms with Gasteiger partial charge >= 0.3 is 0 Å². The van der Waals surface area contributed by atoms with Crippen LogP contribution in [0.5, 0.6) is 5.75 Å². The van der Waals surface area contributed by atoms with Crippen molar-refractivity contribution in [3.05, 3.63) is 50.9 Å². The molecule has 2 rings (SSSR count). The van der Waals surface area contributed by atoms with Crippen LogP contribution in [0.25, 0.3) is 0 Å². The van der Waals surface area contributed by atoms with Crippen molar-refractivity contribution >= 4 is 33.0 Å². The molecule has 0 spiro atoms. The first-order chi connectivity index (χ1) is 8.16. The Morgan fingerprint density at radius 3 is 2.88 bits per heavy atom. The summed E-state index contributed by atoms with van der Waals surface area (Å²) >= 11 is 4.41. The lowest BCUT2D eigenvalue weighted by Gasteiger charge is -2.05. The van der Waals surface area contributed by atoms with Gasteiger partial charge in [0.05, 0.1) is 9.35 Å². The molecule has 0 aliphatic carbocycles. The predicted molar refractivity (Wildman–Crippen MR) is 68.2 cm³/mol. The maximum Gasteiger partial charge on any atom is 0.210 e. The van der Waals surface area contributed by atoms with Crippen LogP contribution in [0.15, 0.2) is 40.2 Å². The second-order valence-corrected chi connectivity index (χ2v) is 5.07. The van der Waals surface area contributed by atoms with Crippen LogP contribution in [-0.4, -0.2) is 12.4 Å². The van der Waals surface area contributed by atoms with Crippen LogP contribution in [0.4, 0.5) is 4.39 Å². The van der Waals surface area contributed by atoms with E-state index in [9.17, 15) is 9.18 Å². The standard InChI is InChI=1S/C12H8BrFO2S/c13-9-4-3-8(6-10(9)14)16-7-11(15)12-2-1-5-17-12/h1-6H,7H2. The molecule has 0 saturated carbocycles. The minimum atomic E-state index is -0.411. The number of carbonyl (C=O) groups is 1. The minimum absolute atomic E-state index is 0.0818. The summed E-state index contributed by atoms with van der Waals surface area (Å²) in [5.74, 6) is -0.176. The van der Waals surface area contributed by atoms with Gasteiger partial charge in [0.2, 0.25) is 5.78 Å². The van der Waals surface area contributed by atoms with Gasteiger partial charge in [-0.05, 0) is 39.5 Å². The quantitative estimate of drug-likeness (QED) is 0.800. The number of benzene rings is 1. The van der Waals surface area contributed by atoms with Crippen LogP contribution in [0.3, 0.4) is 0 Å². The number of thiophene rings is 1. The van der Waals surface area contributed by atoms with Crippen molar-refractivity contribution in [1.29, 1.82) is 0 Å². The van der Waals surface area contributed by atoms with Crippen molar-refractivity contribution < 1.29 is 13.9 Å². The molecule has 1 heterocycles. The van der Waals surface area contributed by atoms with Crippen LogP contribution in [0, 0.1) is 5.82 Å². The smallest absolute Gasteiger partial charge is 0.210 e. The van der Waals surface area contributed by atoms with Crippen LogP contribution in [-0.2, 0) is 0 Å². The van der Waals surface area contributed by atoms with Gasteiger partial charge in [-0.25, -0.2) is 4.39 Å². The third-order valence-electron chi connectivity index (χ3n) is 2.06. The van der Waals surface area contributed by atoms with Crippen LogP contribution in [0.2, 0.25) is 0 Å². The van der Waals surface area contributed by atoms with Crippen molar-refractivity contribution in [1.82, 2.24) is 0 Å². The molecule has 2 aromatic rings. The molecule has 0 atom stereocenters. The summed E-state index contributed by atoms with van der Waals surface area (Å²) in [5, 5.41) is 1.83. The van der Waals surface area contributed by atoms with E-state index in [1.165, 1.54) is 17.4 Å².